The molecule has 1 fully saturated rings. The minimum Gasteiger partial charge on any atom is -0.492 e. The lowest BCUT2D eigenvalue weighted by Crippen LogP contribution is -2.27. The second-order valence-corrected chi connectivity index (χ2v) is 5.95. The van der Waals surface area contributed by atoms with E-state index in [1.807, 2.05) is 25.4 Å². The molecule has 0 aliphatic carbocycles. The van der Waals surface area contributed by atoms with Crippen LogP contribution in [0.25, 0.3) is 0 Å². The fourth-order valence-corrected chi connectivity index (χ4v) is 3.04. The molecule has 3 rings (SSSR count). The van der Waals surface area contributed by atoms with E-state index < -0.39 is 0 Å². The van der Waals surface area contributed by atoms with Gasteiger partial charge in [0.2, 0.25) is 0 Å². The fraction of sp³-hybridized carbons (Fsp3) is 0.471. The molecular formula is C17H21N5O2. The van der Waals surface area contributed by atoms with Gasteiger partial charge in [-0.15, -0.1) is 5.10 Å². The molecule has 7 nitrogen and oxygen atoms in total. The maximum atomic E-state index is 8.92. The predicted octanol–water partition coefficient (Wildman–Crippen LogP) is 1.18. The molecule has 7 heteroatoms. The highest BCUT2D eigenvalue weighted by Crippen LogP contribution is 2.27. The number of hydrogen-bond acceptors (Lipinski definition) is 6. The number of ether oxygens (including phenoxy) is 2. The molecule has 2 aromatic rings. The van der Waals surface area contributed by atoms with Gasteiger partial charge in [0, 0.05) is 45.9 Å². The van der Waals surface area contributed by atoms with E-state index in [1.54, 1.807) is 23.9 Å². The molecule has 0 amide bonds. The predicted molar refractivity (Wildman–Crippen MR) is 87.6 cm³/mol. The average Bonchev–Trinajstić information content (AvgIpc) is 3.21. The number of nitrogens with zero attached hydrogens (tertiary/aromatic N) is 5. The minimum atomic E-state index is 0.114. The summed E-state index contributed by atoms with van der Waals surface area (Å²) < 4.78 is 13.1. The van der Waals surface area contributed by atoms with Gasteiger partial charge < -0.3 is 9.47 Å². The summed E-state index contributed by atoms with van der Waals surface area (Å²) >= 11 is 0. The number of likely N-dealkylation sites (tertiary alicyclic amines) is 1. The van der Waals surface area contributed by atoms with E-state index in [0.29, 0.717) is 12.2 Å². The summed E-state index contributed by atoms with van der Waals surface area (Å²) in [5.41, 5.74) is 1.57. The van der Waals surface area contributed by atoms with Crippen LogP contribution in [-0.2, 0) is 11.8 Å². The summed E-state index contributed by atoms with van der Waals surface area (Å²) in [7, 11) is 3.61. The van der Waals surface area contributed by atoms with Crippen LogP contribution in [0, 0.1) is 11.3 Å². The molecule has 0 radical (unpaired) electrons. The maximum absolute atomic E-state index is 8.92. The molecular weight excluding hydrogens is 306 g/mol. The molecule has 1 aliphatic rings. The second kappa shape index (κ2) is 7.43. The third-order valence-corrected chi connectivity index (χ3v) is 4.28. The van der Waals surface area contributed by atoms with Crippen molar-refractivity contribution in [3.05, 3.63) is 41.7 Å². The van der Waals surface area contributed by atoms with Gasteiger partial charge in [-0.3, -0.25) is 9.58 Å². The SMILES string of the molecule is CO[C@@H]1CN(CCOc2cccc(C#N)c2)C[C@H]1c1cn(C)nn1. The van der Waals surface area contributed by atoms with Gasteiger partial charge in [-0.1, -0.05) is 11.3 Å². The molecule has 0 N–H and O–H groups in total. The zero-order valence-electron chi connectivity index (χ0n) is 13.9. The lowest BCUT2D eigenvalue weighted by Gasteiger charge is -2.15. The molecule has 2 heterocycles. The highest BCUT2D eigenvalue weighted by Gasteiger charge is 2.35. The van der Waals surface area contributed by atoms with Gasteiger partial charge in [0.05, 0.1) is 23.4 Å². The topological polar surface area (TPSA) is 76.2 Å². The van der Waals surface area contributed by atoms with Crippen LogP contribution in [-0.4, -0.2) is 59.3 Å². The Morgan fingerprint density at radius 3 is 2.96 bits per heavy atom. The van der Waals surface area contributed by atoms with Crippen LogP contribution in [0.3, 0.4) is 0 Å². The first kappa shape index (κ1) is 16.4. The van der Waals surface area contributed by atoms with Crippen molar-refractivity contribution in [2.75, 3.05) is 33.4 Å². The molecule has 0 spiro atoms. The van der Waals surface area contributed by atoms with Crippen molar-refractivity contribution < 1.29 is 9.47 Å². The van der Waals surface area contributed by atoms with E-state index in [2.05, 4.69) is 21.3 Å². The normalized spacial score (nSPS) is 20.9. The number of aryl methyl sites for hydroxylation is 1. The van der Waals surface area contributed by atoms with Gasteiger partial charge in [-0.05, 0) is 18.2 Å². The number of benzene rings is 1. The Morgan fingerprint density at radius 1 is 1.38 bits per heavy atom. The van der Waals surface area contributed by atoms with Gasteiger partial charge >= 0.3 is 0 Å². The van der Waals surface area contributed by atoms with Gasteiger partial charge in [-0.25, -0.2) is 0 Å². The summed E-state index contributed by atoms with van der Waals surface area (Å²) in [6.45, 7) is 3.09. The molecule has 24 heavy (non-hydrogen) atoms. The van der Waals surface area contributed by atoms with Crippen LogP contribution in [0.5, 0.6) is 5.75 Å². The summed E-state index contributed by atoms with van der Waals surface area (Å²) in [6.07, 6.45) is 2.06. The number of methoxy groups -OCH3 is 1. The van der Waals surface area contributed by atoms with Crippen molar-refractivity contribution in [3.63, 3.8) is 0 Å². The molecule has 1 aromatic carbocycles. The lowest BCUT2D eigenvalue weighted by atomic mass is 10.0. The monoisotopic (exact) mass is 327 g/mol. The number of hydrogen-bond donors (Lipinski definition) is 0. The quantitative estimate of drug-likeness (QED) is 0.793. The van der Waals surface area contributed by atoms with Crippen molar-refractivity contribution in [3.8, 4) is 11.8 Å². The Hall–Kier alpha value is -2.43. The molecule has 1 aromatic heterocycles. The first-order chi connectivity index (χ1) is 11.7. The Labute approximate surface area is 141 Å². The third-order valence-electron chi connectivity index (χ3n) is 4.28. The first-order valence-electron chi connectivity index (χ1n) is 7.94. The largest absolute Gasteiger partial charge is 0.492 e. The van der Waals surface area contributed by atoms with Crippen molar-refractivity contribution in [1.82, 2.24) is 19.9 Å². The second-order valence-electron chi connectivity index (χ2n) is 5.95. The van der Waals surface area contributed by atoms with Gasteiger partial charge in [0.1, 0.15) is 12.4 Å². The highest BCUT2D eigenvalue weighted by molar-refractivity contribution is 5.36. The molecule has 1 saturated heterocycles. The molecule has 126 valence electrons. The van der Waals surface area contributed by atoms with E-state index >= 15 is 0 Å². The van der Waals surface area contributed by atoms with Crippen LogP contribution < -0.4 is 4.74 Å². The van der Waals surface area contributed by atoms with Crippen molar-refractivity contribution >= 4 is 0 Å². The van der Waals surface area contributed by atoms with Crippen LogP contribution in [0.15, 0.2) is 30.5 Å². The lowest BCUT2D eigenvalue weighted by molar-refractivity contribution is 0.0948. The number of nitriles is 1. The summed E-state index contributed by atoms with van der Waals surface area (Å²) in [5.74, 6) is 0.952. The van der Waals surface area contributed by atoms with Crippen molar-refractivity contribution in [2.24, 2.45) is 7.05 Å². The molecule has 0 saturated carbocycles. The number of aromatic nitrogens is 3. The Bertz CT molecular complexity index is 724. The Balaban J connectivity index is 1.54. The fourth-order valence-electron chi connectivity index (χ4n) is 3.04. The van der Waals surface area contributed by atoms with Gasteiger partial charge in [-0.2, -0.15) is 5.26 Å². The van der Waals surface area contributed by atoms with Gasteiger partial charge in [0.25, 0.3) is 0 Å². The maximum Gasteiger partial charge on any atom is 0.120 e. The summed E-state index contributed by atoms with van der Waals surface area (Å²) in [5, 5.41) is 17.2. The van der Waals surface area contributed by atoms with E-state index in [1.165, 1.54) is 0 Å². The average molecular weight is 327 g/mol. The zero-order chi connectivity index (χ0) is 16.9. The third kappa shape index (κ3) is 3.72. The van der Waals surface area contributed by atoms with Crippen LogP contribution in [0.1, 0.15) is 17.2 Å². The van der Waals surface area contributed by atoms with Crippen LogP contribution in [0.4, 0.5) is 0 Å². The van der Waals surface area contributed by atoms with Crippen LogP contribution >= 0.6 is 0 Å². The molecule has 0 bridgehead atoms. The molecule has 0 unspecified atom stereocenters. The van der Waals surface area contributed by atoms with Crippen molar-refractivity contribution in [2.45, 2.75) is 12.0 Å². The smallest absolute Gasteiger partial charge is 0.120 e. The van der Waals surface area contributed by atoms with E-state index in [0.717, 1.165) is 31.1 Å². The Kier molecular flexibility index (Phi) is 5.08. The number of rotatable bonds is 6. The van der Waals surface area contributed by atoms with E-state index in [4.69, 9.17) is 14.7 Å². The minimum absolute atomic E-state index is 0.114. The first-order valence-corrected chi connectivity index (χ1v) is 7.94. The van der Waals surface area contributed by atoms with Crippen LogP contribution in [0.2, 0.25) is 0 Å². The van der Waals surface area contributed by atoms with E-state index in [9.17, 15) is 0 Å². The standard InChI is InChI=1S/C17H21N5O2/c1-21-11-16(19-20-21)15-10-22(12-17(15)23-2)6-7-24-14-5-3-4-13(8-14)9-18/h3-5,8,11,15,17H,6-7,10,12H2,1-2H3/t15-,17+/m0/s1. The van der Waals surface area contributed by atoms with Crippen molar-refractivity contribution in [1.29, 1.82) is 5.26 Å². The highest BCUT2D eigenvalue weighted by atomic mass is 16.5. The summed E-state index contributed by atoms with van der Waals surface area (Å²) in [4.78, 5) is 2.31. The zero-order valence-corrected chi connectivity index (χ0v) is 13.9. The summed E-state index contributed by atoms with van der Waals surface area (Å²) in [6, 6.07) is 9.33. The molecule has 2 atom stereocenters. The molecule has 1 aliphatic heterocycles. The van der Waals surface area contributed by atoms with E-state index in [-0.39, 0.29) is 12.0 Å². The Morgan fingerprint density at radius 2 is 2.25 bits per heavy atom. The van der Waals surface area contributed by atoms with Gasteiger partial charge in [0.15, 0.2) is 0 Å².